The van der Waals surface area contributed by atoms with E-state index < -0.39 is 28.5 Å². The van der Waals surface area contributed by atoms with Crippen LogP contribution in [0.1, 0.15) is 26.2 Å². The van der Waals surface area contributed by atoms with Gasteiger partial charge in [-0.2, -0.15) is 0 Å². The molecule has 9 heteroatoms. The van der Waals surface area contributed by atoms with Crippen LogP contribution in [0.2, 0.25) is 0 Å². The fourth-order valence-electron chi connectivity index (χ4n) is 1.33. The van der Waals surface area contributed by atoms with E-state index in [0.717, 1.165) is 6.42 Å². The highest BCUT2D eigenvalue weighted by Crippen LogP contribution is 2.16. The van der Waals surface area contributed by atoms with Crippen LogP contribution in [-0.4, -0.2) is 35.1 Å². The van der Waals surface area contributed by atoms with Crippen molar-refractivity contribution in [3.05, 3.63) is 0 Å². The van der Waals surface area contributed by atoms with E-state index in [-0.39, 0.29) is 6.61 Å². The van der Waals surface area contributed by atoms with Gasteiger partial charge in [0.25, 0.3) is 0 Å². The zero-order chi connectivity index (χ0) is 14.8. The van der Waals surface area contributed by atoms with Crippen LogP contribution in [0.15, 0.2) is 0 Å². The Kier molecular flexibility index (Phi) is 9.73. The highest BCUT2D eigenvalue weighted by atomic mass is 35.5. The largest absolute Gasteiger partial charge is 0.450 e. The van der Waals surface area contributed by atoms with E-state index in [1.807, 2.05) is 6.92 Å². The molecule has 0 aromatic heterocycles. The maximum absolute atomic E-state index is 10.8. The number of hydrogen-bond acceptors (Lipinski definition) is 6. The number of carbonyl (C=O) groups excluding carboxylic acids is 3. The lowest BCUT2D eigenvalue weighted by Gasteiger charge is -2.24. The van der Waals surface area contributed by atoms with Crippen LogP contribution in [0.5, 0.6) is 0 Å². The molecule has 0 bridgehead atoms. The Morgan fingerprint density at radius 1 is 0.947 bits per heavy atom. The lowest BCUT2D eigenvalue weighted by molar-refractivity contribution is -0.0250. The zero-order valence-corrected chi connectivity index (χ0v) is 12.3. The lowest BCUT2D eigenvalue weighted by atomic mass is 10.1. The first-order chi connectivity index (χ1) is 8.86. The first-order valence-electron chi connectivity index (χ1n) is 5.41. The second kappa shape index (κ2) is 10.1. The van der Waals surface area contributed by atoms with Gasteiger partial charge in [-0.1, -0.05) is 13.3 Å². The Morgan fingerprint density at radius 3 is 1.89 bits per heavy atom. The Labute approximate surface area is 125 Å². The number of halogens is 3. The molecule has 0 rings (SSSR count). The van der Waals surface area contributed by atoms with Crippen LogP contribution >= 0.6 is 34.8 Å². The summed E-state index contributed by atoms with van der Waals surface area (Å²) in [5, 5.41) is 0. The molecule has 0 aliphatic rings. The first-order valence-corrected chi connectivity index (χ1v) is 6.54. The Hall–Kier alpha value is -0.720. The van der Waals surface area contributed by atoms with Gasteiger partial charge in [-0.05, 0) is 12.8 Å². The van der Waals surface area contributed by atoms with E-state index in [9.17, 15) is 14.4 Å². The minimum atomic E-state index is -1.12. The minimum Gasteiger partial charge on any atom is -0.450 e. The van der Waals surface area contributed by atoms with E-state index in [2.05, 4.69) is 4.74 Å². The molecule has 0 aromatic rings. The number of ether oxygens (including phenoxy) is 3. The molecule has 0 fully saturated rings. The maximum Gasteiger partial charge on any atom is 0.404 e. The van der Waals surface area contributed by atoms with Gasteiger partial charge in [0.2, 0.25) is 0 Å². The van der Waals surface area contributed by atoms with Gasteiger partial charge in [-0.3, -0.25) is 0 Å². The van der Waals surface area contributed by atoms with Crippen LogP contribution in [0.3, 0.4) is 0 Å². The molecule has 0 heterocycles. The second-order valence-corrected chi connectivity index (χ2v) is 4.40. The zero-order valence-electron chi connectivity index (χ0n) is 10.1. The molecule has 2 atom stereocenters. The van der Waals surface area contributed by atoms with Gasteiger partial charge in [0.15, 0.2) is 6.10 Å². The van der Waals surface area contributed by atoms with Crippen molar-refractivity contribution in [3.8, 4) is 0 Å². The molecule has 110 valence electrons. The number of rotatable bonds is 8. The molecule has 0 radical (unpaired) electrons. The fraction of sp³-hybridized carbons (Fsp3) is 0.700. The topological polar surface area (TPSA) is 78.9 Å². The summed E-state index contributed by atoms with van der Waals surface area (Å²) in [4.78, 5) is 32.1. The predicted octanol–water partition coefficient (Wildman–Crippen LogP) is 4.04. The van der Waals surface area contributed by atoms with Gasteiger partial charge in [0, 0.05) is 34.8 Å². The summed E-state index contributed by atoms with van der Waals surface area (Å²) in [6.45, 7) is 1.53. The van der Waals surface area contributed by atoms with Crippen LogP contribution < -0.4 is 0 Å². The van der Waals surface area contributed by atoms with Crippen molar-refractivity contribution in [3.63, 3.8) is 0 Å². The molecular weight excluding hydrogens is 322 g/mol. The first kappa shape index (κ1) is 18.3. The average molecular weight is 336 g/mol. The third-order valence-corrected chi connectivity index (χ3v) is 2.39. The number of unbranched alkanes of at least 4 members (excludes halogenated alkanes) is 1. The van der Waals surface area contributed by atoms with Crippen LogP contribution in [0.4, 0.5) is 14.4 Å². The van der Waals surface area contributed by atoms with Gasteiger partial charge in [0.1, 0.15) is 12.7 Å². The summed E-state index contributed by atoms with van der Waals surface area (Å²) in [5.74, 6) is 0. The maximum atomic E-state index is 10.8. The van der Waals surface area contributed by atoms with Gasteiger partial charge in [0.05, 0.1) is 0 Å². The van der Waals surface area contributed by atoms with Crippen molar-refractivity contribution in [1.29, 1.82) is 0 Å². The van der Waals surface area contributed by atoms with Crippen molar-refractivity contribution in [1.82, 2.24) is 0 Å². The number of hydrogen-bond donors (Lipinski definition) is 0. The molecular formula is C10H13Cl3O6. The van der Waals surface area contributed by atoms with E-state index >= 15 is 0 Å². The van der Waals surface area contributed by atoms with Gasteiger partial charge < -0.3 is 14.2 Å². The average Bonchev–Trinajstić information content (AvgIpc) is 2.28. The quantitative estimate of drug-likeness (QED) is 0.492. The van der Waals surface area contributed by atoms with Crippen molar-refractivity contribution in [2.45, 2.75) is 38.4 Å². The Morgan fingerprint density at radius 2 is 1.47 bits per heavy atom. The Balaban J connectivity index is 4.70. The standard InChI is InChI=1S/C10H13Cl3O6/c1-2-3-4-6(18-9(12)15)7(19-10(13)16)5-17-8(11)14/h6-7H,2-5H2,1H3. The monoisotopic (exact) mass is 334 g/mol. The highest BCUT2D eigenvalue weighted by Gasteiger charge is 2.29. The second-order valence-electron chi connectivity index (χ2n) is 3.48. The van der Waals surface area contributed by atoms with Gasteiger partial charge in [-0.15, -0.1) is 0 Å². The molecule has 0 N–H and O–H groups in total. The minimum absolute atomic E-state index is 0.365. The smallest absolute Gasteiger partial charge is 0.404 e. The van der Waals surface area contributed by atoms with E-state index in [0.29, 0.717) is 12.8 Å². The van der Waals surface area contributed by atoms with Crippen LogP contribution in [-0.2, 0) is 14.2 Å². The van der Waals surface area contributed by atoms with E-state index in [1.165, 1.54) is 0 Å². The summed E-state index contributed by atoms with van der Waals surface area (Å²) >= 11 is 15.2. The third kappa shape index (κ3) is 9.81. The molecule has 0 aliphatic carbocycles. The normalized spacial score (nSPS) is 13.3. The van der Waals surface area contributed by atoms with Crippen LogP contribution in [0.25, 0.3) is 0 Å². The summed E-state index contributed by atoms with van der Waals surface area (Å²) in [7, 11) is 0. The summed E-state index contributed by atoms with van der Waals surface area (Å²) in [6, 6.07) is 0. The van der Waals surface area contributed by atoms with E-state index in [4.69, 9.17) is 44.3 Å². The van der Waals surface area contributed by atoms with Crippen LogP contribution in [0, 0.1) is 0 Å². The van der Waals surface area contributed by atoms with Crippen molar-refractivity contribution in [2.75, 3.05) is 6.61 Å². The highest BCUT2D eigenvalue weighted by molar-refractivity contribution is 6.61. The molecule has 0 aromatic carbocycles. The molecule has 6 nitrogen and oxygen atoms in total. The summed E-state index contributed by atoms with van der Waals surface area (Å²) < 4.78 is 14.0. The van der Waals surface area contributed by atoms with Crippen molar-refractivity contribution >= 4 is 51.1 Å². The van der Waals surface area contributed by atoms with Crippen molar-refractivity contribution < 1.29 is 28.6 Å². The molecule has 2 unspecified atom stereocenters. The molecule has 0 aliphatic heterocycles. The van der Waals surface area contributed by atoms with Gasteiger partial charge in [-0.25, -0.2) is 14.4 Å². The Bertz CT molecular complexity index is 322. The lowest BCUT2D eigenvalue weighted by Crippen LogP contribution is -2.37. The SMILES string of the molecule is CCCCC(OC(=O)Cl)C(COC(=O)Cl)OC(=O)Cl. The molecule has 0 amide bonds. The predicted molar refractivity (Wildman–Crippen MR) is 69.0 cm³/mol. The fourth-order valence-corrected chi connectivity index (χ4v) is 1.62. The molecule has 0 saturated carbocycles. The van der Waals surface area contributed by atoms with E-state index in [1.54, 1.807) is 0 Å². The molecule has 0 spiro atoms. The third-order valence-electron chi connectivity index (χ3n) is 2.11. The van der Waals surface area contributed by atoms with Crippen molar-refractivity contribution in [2.24, 2.45) is 0 Å². The summed E-state index contributed by atoms with van der Waals surface area (Å²) in [5.41, 5.74) is -3.27. The van der Waals surface area contributed by atoms with Gasteiger partial charge >= 0.3 is 16.3 Å². The molecule has 0 saturated heterocycles. The summed E-state index contributed by atoms with van der Waals surface area (Å²) in [6.07, 6.45) is -0.0813. The number of carbonyl (C=O) groups is 3. The molecule has 19 heavy (non-hydrogen) atoms.